The molecular formula is C26H26O6S3. The molecule has 3 rings (SSSR count). The summed E-state index contributed by atoms with van der Waals surface area (Å²) in [6.07, 6.45) is 0.986. The minimum absolute atomic E-state index is 0.0143. The zero-order chi connectivity index (χ0) is 25.9. The molecule has 0 aromatic heterocycles. The van der Waals surface area contributed by atoms with Gasteiger partial charge in [-0.1, -0.05) is 59.7 Å². The zero-order valence-corrected chi connectivity index (χ0v) is 22.0. The van der Waals surface area contributed by atoms with Gasteiger partial charge in [0.05, 0.1) is 30.2 Å². The molecule has 0 heterocycles. The van der Waals surface area contributed by atoms with E-state index in [0.29, 0.717) is 0 Å². The number of sulfone groups is 3. The number of allylic oxidation sites excluding steroid dienone is 1. The second kappa shape index (κ2) is 10.3. The van der Waals surface area contributed by atoms with E-state index in [1.807, 2.05) is 6.92 Å². The minimum Gasteiger partial charge on any atom is -0.223 e. The fourth-order valence-corrected chi connectivity index (χ4v) is 8.49. The molecule has 9 heteroatoms. The normalized spacial score (nSPS) is 12.8. The first kappa shape index (κ1) is 26.6. The highest BCUT2D eigenvalue weighted by atomic mass is 32.2. The predicted octanol–water partition coefficient (Wildman–Crippen LogP) is 4.89. The molecule has 3 aromatic carbocycles. The summed E-state index contributed by atoms with van der Waals surface area (Å²) in [4.78, 5) is -1.22. The molecule has 0 aliphatic heterocycles. The summed E-state index contributed by atoms with van der Waals surface area (Å²) in [5.74, 6) is -0.696. The predicted molar refractivity (Wildman–Crippen MR) is 137 cm³/mol. The monoisotopic (exact) mass is 530 g/mol. The van der Waals surface area contributed by atoms with E-state index in [2.05, 4.69) is 0 Å². The molecule has 0 amide bonds. The standard InChI is InChI=1S/C26H26O6S3/c1-20(2)26(35(31,32)24-12-8-5-9-13-24)25(34(29,30)23-10-6-4-7-11-23)18-19-33(27,28)22-16-14-21(3)15-17-22/h4-18H,19H2,1-3H3. The van der Waals surface area contributed by atoms with Crippen LogP contribution in [0, 0.1) is 6.92 Å². The highest BCUT2D eigenvalue weighted by Crippen LogP contribution is 2.34. The fourth-order valence-electron chi connectivity index (χ4n) is 3.44. The van der Waals surface area contributed by atoms with Crippen molar-refractivity contribution in [2.24, 2.45) is 0 Å². The van der Waals surface area contributed by atoms with E-state index >= 15 is 0 Å². The van der Waals surface area contributed by atoms with E-state index in [-0.39, 0.29) is 20.3 Å². The first-order valence-electron chi connectivity index (χ1n) is 10.6. The van der Waals surface area contributed by atoms with Crippen LogP contribution >= 0.6 is 0 Å². The van der Waals surface area contributed by atoms with Crippen LogP contribution in [0.3, 0.4) is 0 Å². The van der Waals surface area contributed by atoms with Gasteiger partial charge in [0.25, 0.3) is 0 Å². The SMILES string of the molecule is CC(C)=C(C(=CCS(=O)(=O)c1ccc(C)cc1)S(=O)(=O)c1ccccc1)S(=O)(=O)c1ccccc1. The van der Waals surface area contributed by atoms with Gasteiger partial charge in [0.1, 0.15) is 0 Å². The summed E-state index contributed by atoms with van der Waals surface area (Å²) in [6, 6.07) is 21.0. The molecule has 0 aliphatic rings. The summed E-state index contributed by atoms with van der Waals surface area (Å²) in [5, 5.41) is 0. The molecule has 35 heavy (non-hydrogen) atoms. The maximum Gasteiger partial charge on any atom is 0.207 e. The second-order valence-corrected chi connectivity index (χ2v) is 14.0. The van der Waals surface area contributed by atoms with E-state index in [9.17, 15) is 25.3 Å². The lowest BCUT2D eigenvalue weighted by molar-refractivity contribution is 0.595. The van der Waals surface area contributed by atoms with Crippen molar-refractivity contribution < 1.29 is 25.3 Å². The number of aryl methyl sites for hydroxylation is 1. The summed E-state index contributed by atoms with van der Waals surface area (Å²) < 4.78 is 80.6. The highest BCUT2D eigenvalue weighted by Gasteiger charge is 2.34. The van der Waals surface area contributed by atoms with E-state index < -0.39 is 45.1 Å². The van der Waals surface area contributed by atoms with Crippen LogP contribution in [0.2, 0.25) is 0 Å². The van der Waals surface area contributed by atoms with E-state index in [0.717, 1.165) is 11.6 Å². The van der Waals surface area contributed by atoms with Crippen LogP contribution in [-0.4, -0.2) is 31.0 Å². The van der Waals surface area contributed by atoms with Crippen LogP contribution in [0.4, 0.5) is 0 Å². The third kappa shape index (κ3) is 5.80. The average Bonchev–Trinajstić information content (AvgIpc) is 2.82. The van der Waals surface area contributed by atoms with Crippen molar-refractivity contribution in [3.63, 3.8) is 0 Å². The molecule has 184 valence electrons. The van der Waals surface area contributed by atoms with Gasteiger partial charge >= 0.3 is 0 Å². The Morgan fingerprint density at radius 3 is 1.54 bits per heavy atom. The van der Waals surface area contributed by atoms with Gasteiger partial charge in [-0.25, -0.2) is 25.3 Å². The third-order valence-corrected chi connectivity index (χ3v) is 10.8. The van der Waals surface area contributed by atoms with Gasteiger partial charge < -0.3 is 0 Å². The molecular weight excluding hydrogens is 504 g/mol. The van der Waals surface area contributed by atoms with Crippen molar-refractivity contribution >= 4 is 29.5 Å². The van der Waals surface area contributed by atoms with Gasteiger partial charge in [-0.3, -0.25) is 0 Å². The summed E-state index contributed by atoms with van der Waals surface area (Å²) in [7, 11) is -12.6. The Morgan fingerprint density at radius 2 is 1.09 bits per heavy atom. The van der Waals surface area contributed by atoms with Gasteiger partial charge in [0.15, 0.2) is 9.84 Å². The largest absolute Gasteiger partial charge is 0.223 e. The van der Waals surface area contributed by atoms with Gasteiger partial charge in [0, 0.05) is 0 Å². The maximum atomic E-state index is 13.7. The van der Waals surface area contributed by atoms with Crippen LogP contribution in [0.1, 0.15) is 19.4 Å². The van der Waals surface area contributed by atoms with Crippen LogP contribution in [0.15, 0.2) is 121 Å². The van der Waals surface area contributed by atoms with Gasteiger partial charge in [-0.2, -0.15) is 0 Å². The van der Waals surface area contributed by atoms with Crippen LogP contribution in [0.5, 0.6) is 0 Å². The van der Waals surface area contributed by atoms with Crippen molar-refractivity contribution in [3.8, 4) is 0 Å². The number of hydrogen-bond donors (Lipinski definition) is 0. The summed E-state index contributed by atoms with van der Waals surface area (Å²) in [5.41, 5.74) is 1.08. The van der Waals surface area contributed by atoms with Gasteiger partial charge in [-0.15, -0.1) is 0 Å². The number of rotatable bonds is 8. The molecule has 0 bridgehead atoms. The Labute approximate surface area is 207 Å². The molecule has 0 spiro atoms. The molecule has 0 aliphatic carbocycles. The van der Waals surface area contributed by atoms with Crippen LogP contribution in [-0.2, 0) is 29.5 Å². The average molecular weight is 531 g/mol. The topological polar surface area (TPSA) is 102 Å². The van der Waals surface area contributed by atoms with Crippen molar-refractivity contribution in [3.05, 3.63) is 112 Å². The van der Waals surface area contributed by atoms with Gasteiger partial charge in [-0.05, 0) is 63.2 Å². The molecule has 3 aromatic rings. The molecule has 6 nitrogen and oxygen atoms in total. The Hall–Kier alpha value is -3.01. The second-order valence-electron chi connectivity index (χ2n) is 8.12. The number of benzene rings is 3. The highest BCUT2D eigenvalue weighted by molar-refractivity contribution is 8.00. The van der Waals surface area contributed by atoms with E-state index in [4.69, 9.17) is 0 Å². The lowest BCUT2D eigenvalue weighted by atomic mass is 10.2. The lowest BCUT2D eigenvalue weighted by Crippen LogP contribution is -2.17. The summed E-state index contributed by atoms with van der Waals surface area (Å²) >= 11 is 0. The molecule has 0 N–H and O–H groups in total. The van der Waals surface area contributed by atoms with Crippen molar-refractivity contribution in [1.82, 2.24) is 0 Å². The van der Waals surface area contributed by atoms with Crippen molar-refractivity contribution in [1.29, 1.82) is 0 Å². The first-order chi connectivity index (χ1) is 16.4. The molecule has 0 saturated heterocycles. The number of hydrogen-bond acceptors (Lipinski definition) is 6. The Balaban J connectivity index is 2.26. The molecule has 0 fully saturated rings. The zero-order valence-electron chi connectivity index (χ0n) is 19.5. The molecule has 0 unspecified atom stereocenters. The van der Waals surface area contributed by atoms with Gasteiger partial charge in [0.2, 0.25) is 19.7 Å². The Bertz CT molecular complexity index is 1580. The first-order valence-corrected chi connectivity index (χ1v) is 15.3. The maximum absolute atomic E-state index is 13.7. The Morgan fingerprint density at radius 1 is 0.629 bits per heavy atom. The Kier molecular flexibility index (Phi) is 7.83. The molecule has 0 saturated carbocycles. The lowest BCUT2D eigenvalue weighted by Gasteiger charge is -2.16. The van der Waals surface area contributed by atoms with Crippen LogP contribution < -0.4 is 0 Å². The molecule has 0 atom stereocenters. The third-order valence-electron chi connectivity index (χ3n) is 5.21. The van der Waals surface area contributed by atoms with Crippen LogP contribution in [0.25, 0.3) is 0 Å². The summed E-state index contributed by atoms with van der Waals surface area (Å²) in [6.45, 7) is 4.79. The minimum atomic E-state index is -4.39. The van der Waals surface area contributed by atoms with Crippen molar-refractivity contribution in [2.75, 3.05) is 5.75 Å². The van der Waals surface area contributed by atoms with E-state index in [1.165, 1.54) is 74.5 Å². The van der Waals surface area contributed by atoms with Crippen molar-refractivity contribution in [2.45, 2.75) is 35.5 Å². The van der Waals surface area contributed by atoms with E-state index in [1.54, 1.807) is 24.3 Å². The molecule has 0 radical (unpaired) electrons. The quantitative estimate of drug-likeness (QED) is 0.384. The smallest absolute Gasteiger partial charge is 0.207 e. The fraction of sp³-hybridized carbons (Fsp3) is 0.154.